The Labute approximate surface area is 115 Å². The minimum Gasteiger partial charge on any atom is -0.495 e. The number of hydrogen-bond donors (Lipinski definition) is 2. The monoisotopic (exact) mass is 280 g/mol. The van der Waals surface area contributed by atoms with Gasteiger partial charge in [-0.25, -0.2) is 4.79 Å². The number of carbonyl (C=O) groups excluding carboxylic acids is 1. The van der Waals surface area contributed by atoms with Gasteiger partial charge in [-0.3, -0.25) is 10.00 Å². The van der Waals surface area contributed by atoms with Crippen LogP contribution in [0.4, 0.5) is 16.3 Å². The van der Waals surface area contributed by atoms with E-state index in [4.69, 9.17) is 16.3 Å². The first-order valence-corrected chi connectivity index (χ1v) is 5.87. The van der Waals surface area contributed by atoms with Gasteiger partial charge in [0, 0.05) is 31.1 Å². The number of halogens is 1. The van der Waals surface area contributed by atoms with E-state index in [1.165, 1.54) is 7.11 Å². The third-order valence-electron chi connectivity index (χ3n) is 2.36. The molecule has 19 heavy (non-hydrogen) atoms. The first-order valence-electron chi connectivity index (χ1n) is 5.49. The number of rotatable bonds is 3. The number of urea groups is 1. The lowest BCUT2D eigenvalue weighted by atomic mass is 10.3. The molecule has 0 radical (unpaired) electrons. The van der Waals surface area contributed by atoms with Gasteiger partial charge in [-0.1, -0.05) is 11.6 Å². The Morgan fingerprint density at radius 2 is 2.16 bits per heavy atom. The number of hydrogen-bond acceptors (Lipinski definition) is 3. The summed E-state index contributed by atoms with van der Waals surface area (Å²) >= 11 is 5.90. The van der Waals surface area contributed by atoms with Gasteiger partial charge < -0.3 is 10.1 Å². The average Bonchev–Trinajstić information content (AvgIpc) is 2.77. The van der Waals surface area contributed by atoms with Crippen LogP contribution in [0.5, 0.6) is 5.75 Å². The van der Waals surface area contributed by atoms with E-state index in [1.807, 2.05) is 0 Å². The molecule has 6 nitrogen and oxygen atoms in total. The molecule has 0 saturated heterocycles. The molecule has 0 unspecified atom stereocenters. The second kappa shape index (κ2) is 5.62. The van der Waals surface area contributed by atoms with E-state index in [1.54, 1.807) is 42.2 Å². The van der Waals surface area contributed by atoms with Crippen LogP contribution in [0, 0.1) is 0 Å². The summed E-state index contributed by atoms with van der Waals surface area (Å²) in [6, 6.07) is 6.28. The highest BCUT2D eigenvalue weighted by molar-refractivity contribution is 6.32. The Hall–Kier alpha value is -2.21. The smallest absolute Gasteiger partial charge is 0.324 e. The van der Waals surface area contributed by atoms with E-state index in [-0.39, 0.29) is 6.03 Å². The summed E-state index contributed by atoms with van der Waals surface area (Å²) in [5.74, 6) is 0.971. The molecule has 2 amide bonds. The standard InChI is InChI=1S/C12H13ClN4O2/c1-17-6-5-11(16-17)15-12(18)14-8-3-4-9(13)10(7-8)19-2/h3-7H,1-2H3,(H2,14,15,16,18). The molecular weight excluding hydrogens is 268 g/mol. The molecule has 2 aromatic rings. The van der Waals surface area contributed by atoms with Gasteiger partial charge >= 0.3 is 6.03 Å². The number of amides is 2. The molecule has 2 N–H and O–H groups in total. The van der Waals surface area contributed by atoms with E-state index in [2.05, 4.69) is 15.7 Å². The first kappa shape index (κ1) is 13.2. The molecular formula is C12H13ClN4O2. The van der Waals surface area contributed by atoms with Crippen molar-refractivity contribution in [3.8, 4) is 5.75 Å². The Kier molecular flexibility index (Phi) is 3.91. The van der Waals surface area contributed by atoms with Crippen LogP contribution < -0.4 is 15.4 Å². The number of aryl methyl sites for hydroxylation is 1. The summed E-state index contributed by atoms with van der Waals surface area (Å²) in [4.78, 5) is 11.7. The number of ether oxygens (including phenoxy) is 1. The van der Waals surface area contributed by atoms with Crippen molar-refractivity contribution in [1.29, 1.82) is 0 Å². The maximum Gasteiger partial charge on any atom is 0.324 e. The van der Waals surface area contributed by atoms with Gasteiger partial charge in [-0.05, 0) is 12.1 Å². The molecule has 0 aliphatic rings. The third-order valence-corrected chi connectivity index (χ3v) is 2.68. The van der Waals surface area contributed by atoms with Gasteiger partial charge in [0.2, 0.25) is 0 Å². The van der Waals surface area contributed by atoms with Gasteiger partial charge in [0.05, 0.1) is 12.1 Å². The van der Waals surface area contributed by atoms with Crippen molar-refractivity contribution in [2.75, 3.05) is 17.7 Å². The molecule has 0 spiro atoms. The molecule has 0 bridgehead atoms. The summed E-state index contributed by atoms with van der Waals surface area (Å²) in [5.41, 5.74) is 0.578. The van der Waals surface area contributed by atoms with Crippen LogP contribution in [-0.2, 0) is 7.05 Å². The Balaban J connectivity index is 2.02. The fraction of sp³-hybridized carbons (Fsp3) is 0.167. The Bertz CT molecular complexity index is 597. The third kappa shape index (κ3) is 3.38. The Morgan fingerprint density at radius 3 is 2.79 bits per heavy atom. The van der Waals surface area contributed by atoms with E-state index in [0.717, 1.165) is 0 Å². The highest BCUT2D eigenvalue weighted by Gasteiger charge is 2.07. The zero-order chi connectivity index (χ0) is 13.8. The van der Waals surface area contributed by atoms with Crippen molar-refractivity contribution in [3.05, 3.63) is 35.5 Å². The zero-order valence-corrected chi connectivity index (χ0v) is 11.2. The fourth-order valence-electron chi connectivity index (χ4n) is 1.50. The lowest BCUT2D eigenvalue weighted by Gasteiger charge is -2.08. The predicted octanol–water partition coefficient (Wildman–Crippen LogP) is 2.73. The molecule has 1 heterocycles. The van der Waals surface area contributed by atoms with Crippen LogP contribution >= 0.6 is 11.6 Å². The van der Waals surface area contributed by atoms with E-state index < -0.39 is 0 Å². The van der Waals surface area contributed by atoms with Gasteiger partial charge in [-0.15, -0.1) is 0 Å². The lowest BCUT2D eigenvalue weighted by Crippen LogP contribution is -2.19. The summed E-state index contributed by atoms with van der Waals surface area (Å²) in [7, 11) is 3.28. The Morgan fingerprint density at radius 1 is 1.37 bits per heavy atom. The van der Waals surface area contributed by atoms with Gasteiger partial charge in [-0.2, -0.15) is 5.10 Å². The second-order valence-corrected chi connectivity index (χ2v) is 4.21. The molecule has 1 aromatic carbocycles. The van der Waals surface area contributed by atoms with Crippen molar-refractivity contribution >= 4 is 29.1 Å². The number of anilines is 2. The van der Waals surface area contributed by atoms with Crippen molar-refractivity contribution in [1.82, 2.24) is 9.78 Å². The van der Waals surface area contributed by atoms with Crippen LogP contribution in [0.15, 0.2) is 30.5 Å². The van der Waals surface area contributed by atoms with Crippen molar-refractivity contribution in [3.63, 3.8) is 0 Å². The normalized spacial score (nSPS) is 10.1. The molecule has 1 aromatic heterocycles. The van der Waals surface area contributed by atoms with Crippen LogP contribution in [0.25, 0.3) is 0 Å². The highest BCUT2D eigenvalue weighted by atomic mass is 35.5. The average molecular weight is 281 g/mol. The van der Waals surface area contributed by atoms with Gasteiger partial charge in [0.15, 0.2) is 5.82 Å². The maximum absolute atomic E-state index is 11.7. The molecule has 0 aliphatic heterocycles. The topological polar surface area (TPSA) is 68.2 Å². The van der Waals surface area contributed by atoms with Crippen LogP contribution in [0.1, 0.15) is 0 Å². The molecule has 100 valence electrons. The highest BCUT2D eigenvalue weighted by Crippen LogP contribution is 2.27. The van der Waals surface area contributed by atoms with Gasteiger partial charge in [0.25, 0.3) is 0 Å². The van der Waals surface area contributed by atoms with Crippen LogP contribution in [0.2, 0.25) is 5.02 Å². The summed E-state index contributed by atoms with van der Waals surface area (Å²) in [6.45, 7) is 0. The largest absolute Gasteiger partial charge is 0.495 e. The minimum absolute atomic E-state index is 0.386. The van der Waals surface area contributed by atoms with E-state index in [9.17, 15) is 4.79 Å². The summed E-state index contributed by atoms with van der Waals surface area (Å²) < 4.78 is 6.67. The van der Waals surface area contributed by atoms with Crippen molar-refractivity contribution in [2.24, 2.45) is 7.05 Å². The molecule has 0 saturated carbocycles. The SMILES string of the molecule is COc1cc(NC(=O)Nc2ccn(C)n2)ccc1Cl. The maximum atomic E-state index is 11.7. The van der Waals surface area contributed by atoms with Crippen LogP contribution in [-0.4, -0.2) is 22.9 Å². The fourth-order valence-corrected chi connectivity index (χ4v) is 1.69. The molecule has 2 rings (SSSR count). The second-order valence-electron chi connectivity index (χ2n) is 3.80. The van der Waals surface area contributed by atoms with Crippen molar-refractivity contribution in [2.45, 2.75) is 0 Å². The van der Waals surface area contributed by atoms with Crippen molar-refractivity contribution < 1.29 is 9.53 Å². The number of benzene rings is 1. The number of aromatic nitrogens is 2. The minimum atomic E-state index is -0.386. The zero-order valence-electron chi connectivity index (χ0n) is 10.5. The summed E-state index contributed by atoms with van der Waals surface area (Å²) in [6.07, 6.45) is 1.74. The molecule has 0 atom stereocenters. The summed E-state index contributed by atoms with van der Waals surface area (Å²) in [5, 5.41) is 9.79. The van der Waals surface area contributed by atoms with E-state index >= 15 is 0 Å². The first-order chi connectivity index (χ1) is 9.08. The van der Waals surface area contributed by atoms with Crippen LogP contribution in [0.3, 0.4) is 0 Å². The lowest BCUT2D eigenvalue weighted by molar-refractivity contribution is 0.262. The quantitative estimate of drug-likeness (QED) is 0.908. The number of carbonyl (C=O) groups is 1. The number of nitrogens with one attached hydrogen (secondary N) is 2. The van der Waals surface area contributed by atoms with Gasteiger partial charge in [0.1, 0.15) is 5.75 Å². The number of methoxy groups -OCH3 is 1. The predicted molar refractivity (Wildman–Crippen MR) is 73.9 cm³/mol. The molecule has 7 heteroatoms. The molecule has 0 aliphatic carbocycles. The van der Waals surface area contributed by atoms with E-state index in [0.29, 0.717) is 22.3 Å². The number of nitrogens with zero attached hydrogens (tertiary/aromatic N) is 2. The molecule has 0 fully saturated rings.